The molecule has 0 bridgehead atoms. The Kier molecular flexibility index (Phi) is 4.90. The van der Waals surface area contributed by atoms with E-state index in [0.29, 0.717) is 11.3 Å². The van der Waals surface area contributed by atoms with Crippen molar-refractivity contribution in [3.05, 3.63) is 48.0 Å². The molecule has 0 aromatic heterocycles. The fourth-order valence-corrected chi connectivity index (χ4v) is 2.10. The number of benzene rings is 2. The van der Waals surface area contributed by atoms with Crippen LogP contribution in [0.25, 0.3) is 11.1 Å². The third-order valence-electron chi connectivity index (χ3n) is 3.17. The van der Waals surface area contributed by atoms with Gasteiger partial charge >= 0.3 is 12.5 Å². The van der Waals surface area contributed by atoms with Crippen molar-refractivity contribution in [2.45, 2.75) is 6.55 Å². The van der Waals surface area contributed by atoms with Crippen LogP contribution in [0.5, 0.6) is 5.75 Å². The highest BCUT2D eigenvalue weighted by atomic mass is 19.3. The molecular weight excluding hydrogens is 306 g/mol. The summed E-state index contributed by atoms with van der Waals surface area (Å²) >= 11 is 0. The number of methoxy groups -OCH3 is 1. The Morgan fingerprint density at radius 1 is 1.22 bits per heavy atom. The van der Waals surface area contributed by atoms with Gasteiger partial charge in [0.15, 0.2) is 0 Å². The number of carbonyl (C=O) groups is 1. The van der Waals surface area contributed by atoms with E-state index in [0.717, 1.165) is 5.56 Å². The zero-order valence-corrected chi connectivity index (χ0v) is 12.1. The van der Waals surface area contributed by atoms with Gasteiger partial charge in [-0.1, -0.05) is 18.2 Å². The maximum Gasteiger partial charge on any atom is 0.354 e. The summed E-state index contributed by atoms with van der Waals surface area (Å²) < 4.78 is 30.5. The van der Waals surface area contributed by atoms with Crippen molar-refractivity contribution in [1.82, 2.24) is 0 Å². The summed E-state index contributed by atoms with van der Waals surface area (Å²) in [4.78, 5) is 10.9. The fourth-order valence-electron chi connectivity index (χ4n) is 2.10. The van der Waals surface area contributed by atoms with Crippen LogP contribution in [-0.4, -0.2) is 30.4 Å². The van der Waals surface area contributed by atoms with Crippen molar-refractivity contribution in [2.24, 2.45) is 0 Å². The second kappa shape index (κ2) is 6.87. The number of carboxylic acids is 1. The molecule has 0 aliphatic carbocycles. The zero-order valence-electron chi connectivity index (χ0n) is 12.1. The van der Waals surface area contributed by atoms with E-state index in [-0.39, 0.29) is 11.3 Å². The van der Waals surface area contributed by atoms with E-state index >= 15 is 0 Å². The van der Waals surface area contributed by atoms with E-state index in [1.807, 2.05) is 5.32 Å². The number of carboxylic acid groups (broad SMARTS) is 1. The van der Waals surface area contributed by atoms with E-state index in [2.05, 4.69) is 0 Å². The Hall–Kier alpha value is -2.96. The summed E-state index contributed by atoms with van der Waals surface area (Å²) in [5.41, 5.74) is 0.326. The third-order valence-corrected chi connectivity index (χ3v) is 3.17. The van der Waals surface area contributed by atoms with Crippen LogP contribution in [0.15, 0.2) is 42.5 Å². The normalized spacial score (nSPS) is 10.4. The van der Waals surface area contributed by atoms with Gasteiger partial charge in [0.1, 0.15) is 11.5 Å². The van der Waals surface area contributed by atoms with Gasteiger partial charge in [0, 0.05) is 11.3 Å². The maximum atomic E-state index is 12.7. The minimum Gasteiger partial charge on any atom is -0.497 e. The molecule has 2 rings (SSSR count). The molecule has 0 heterocycles. The van der Waals surface area contributed by atoms with Crippen molar-refractivity contribution in [2.75, 3.05) is 12.4 Å². The van der Waals surface area contributed by atoms with Crippen LogP contribution in [0.4, 0.5) is 14.5 Å². The first-order chi connectivity index (χ1) is 10.9. The molecule has 2 aromatic rings. The van der Waals surface area contributed by atoms with Crippen LogP contribution in [0.1, 0.15) is 5.56 Å². The van der Waals surface area contributed by atoms with Gasteiger partial charge in [-0.25, -0.2) is 4.79 Å². The standard InChI is InChI=1S/C16H14F2N2O3/c1-23-11-4-2-3-9(7-11)10-5-6-12(14(19)15(21)22)13(8-10)20-16(17)18/h2-8,16,19-20H,1H3,(H,21,22). The number of hydrogen-bond acceptors (Lipinski definition) is 4. The van der Waals surface area contributed by atoms with Crippen LogP contribution in [0, 0.1) is 5.41 Å². The number of aliphatic carboxylic acids is 1. The predicted octanol–water partition coefficient (Wildman–Crippen LogP) is 3.45. The highest BCUT2D eigenvalue weighted by Gasteiger charge is 2.17. The lowest BCUT2D eigenvalue weighted by Crippen LogP contribution is -2.17. The summed E-state index contributed by atoms with van der Waals surface area (Å²) in [6.07, 6.45) is 0. The molecule has 0 fully saturated rings. The van der Waals surface area contributed by atoms with E-state index in [1.165, 1.54) is 19.2 Å². The highest BCUT2D eigenvalue weighted by Crippen LogP contribution is 2.29. The molecule has 0 saturated carbocycles. The van der Waals surface area contributed by atoms with Crippen LogP contribution >= 0.6 is 0 Å². The van der Waals surface area contributed by atoms with Gasteiger partial charge in [0.05, 0.1) is 7.11 Å². The molecule has 5 nitrogen and oxygen atoms in total. The van der Waals surface area contributed by atoms with Crippen molar-refractivity contribution in [1.29, 1.82) is 5.41 Å². The molecule has 0 amide bonds. The van der Waals surface area contributed by atoms with Crippen molar-refractivity contribution in [3.63, 3.8) is 0 Å². The van der Waals surface area contributed by atoms with E-state index in [1.54, 1.807) is 30.3 Å². The van der Waals surface area contributed by atoms with Crippen molar-refractivity contribution in [3.8, 4) is 16.9 Å². The second-order valence-corrected chi connectivity index (χ2v) is 4.62. The van der Waals surface area contributed by atoms with Crippen molar-refractivity contribution >= 4 is 17.4 Å². The first kappa shape index (κ1) is 16.4. The minimum absolute atomic E-state index is 0.107. The van der Waals surface area contributed by atoms with Gasteiger partial charge < -0.3 is 15.2 Å². The SMILES string of the molecule is COc1cccc(-c2ccc(C(=N)C(=O)O)c(NC(F)F)c2)c1. The zero-order chi connectivity index (χ0) is 17.0. The second-order valence-electron chi connectivity index (χ2n) is 4.62. The number of anilines is 1. The molecule has 23 heavy (non-hydrogen) atoms. The summed E-state index contributed by atoms with van der Waals surface area (Å²) in [5, 5.41) is 18.3. The lowest BCUT2D eigenvalue weighted by molar-refractivity contribution is -0.129. The number of halogens is 2. The Labute approximate surface area is 131 Å². The molecule has 0 atom stereocenters. The Morgan fingerprint density at radius 2 is 1.91 bits per heavy atom. The molecular formula is C16H14F2N2O3. The number of rotatable bonds is 6. The lowest BCUT2D eigenvalue weighted by Gasteiger charge is -2.13. The Balaban J connectivity index is 2.50. The van der Waals surface area contributed by atoms with Gasteiger partial charge in [-0.15, -0.1) is 0 Å². The van der Waals surface area contributed by atoms with Crippen LogP contribution < -0.4 is 10.1 Å². The van der Waals surface area contributed by atoms with Gasteiger partial charge in [-0.2, -0.15) is 8.78 Å². The lowest BCUT2D eigenvalue weighted by atomic mass is 10.00. The van der Waals surface area contributed by atoms with E-state index in [9.17, 15) is 13.6 Å². The summed E-state index contributed by atoms with van der Waals surface area (Å²) in [5.74, 6) is -0.885. The monoisotopic (exact) mass is 320 g/mol. The average Bonchev–Trinajstić information content (AvgIpc) is 2.53. The topological polar surface area (TPSA) is 82.4 Å². The van der Waals surface area contributed by atoms with Crippen LogP contribution in [0.2, 0.25) is 0 Å². The largest absolute Gasteiger partial charge is 0.497 e. The first-order valence-corrected chi connectivity index (χ1v) is 6.57. The summed E-state index contributed by atoms with van der Waals surface area (Å²) in [7, 11) is 1.51. The van der Waals surface area contributed by atoms with Gasteiger partial charge in [-0.05, 0) is 35.4 Å². The highest BCUT2D eigenvalue weighted by molar-refractivity contribution is 6.42. The molecule has 0 unspecified atom stereocenters. The number of hydrogen-bond donors (Lipinski definition) is 3. The predicted molar refractivity (Wildman–Crippen MR) is 82.5 cm³/mol. The fraction of sp³-hybridized carbons (Fsp3) is 0.125. The maximum absolute atomic E-state index is 12.7. The average molecular weight is 320 g/mol. The van der Waals surface area contributed by atoms with Gasteiger partial charge in [-0.3, -0.25) is 5.41 Å². The number of alkyl halides is 2. The molecule has 2 aromatic carbocycles. The minimum atomic E-state index is -2.88. The molecule has 0 radical (unpaired) electrons. The molecule has 3 N–H and O–H groups in total. The van der Waals surface area contributed by atoms with Crippen molar-refractivity contribution < 1.29 is 23.4 Å². The number of ether oxygens (including phenoxy) is 1. The Morgan fingerprint density at radius 3 is 2.52 bits per heavy atom. The molecule has 0 spiro atoms. The third kappa shape index (κ3) is 3.82. The smallest absolute Gasteiger partial charge is 0.354 e. The molecule has 0 aliphatic heterocycles. The molecule has 7 heteroatoms. The Bertz CT molecular complexity index is 748. The quantitative estimate of drug-likeness (QED) is 0.562. The number of nitrogens with one attached hydrogen (secondary N) is 2. The van der Waals surface area contributed by atoms with E-state index in [4.69, 9.17) is 15.3 Å². The molecule has 0 saturated heterocycles. The molecule has 0 aliphatic rings. The van der Waals surface area contributed by atoms with Gasteiger partial charge in [0.2, 0.25) is 0 Å². The van der Waals surface area contributed by atoms with Crippen LogP contribution in [0.3, 0.4) is 0 Å². The molecule has 120 valence electrons. The summed E-state index contributed by atoms with van der Waals surface area (Å²) in [6.45, 7) is -2.88. The van der Waals surface area contributed by atoms with E-state index < -0.39 is 18.2 Å². The summed E-state index contributed by atoms with van der Waals surface area (Å²) in [6, 6.07) is 11.3. The van der Waals surface area contributed by atoms with Gasteiger partial charge in [0.25, 0.3) is 0 Å². The van der Waals surface area contributed by atoms with Crippen LogP contribution in [-0.2, 0) is 4.79 Å². The first-order valence-electron chi connectivity index (χ1n) is 6.57.